The van der Waals surface area contributed by atoms with E-state index in [9.17, 15) is 0 Å². The number of hydrogen-bond acceptors (Lipinski definition) is 2. The van der Waals surface area contributed by atoms with E-state index in [0.29, 0.717) is 10.8 Å². The summed E-state index contributed by atoms with van der Waals surface area (Å²) in [6.07, 6.45) is 10.1. The van der Waals surface area contributed by atoms with E-state index in [1.165, 1.54) is 44.1 Å². The van der Waals surface area contributed by atoms with E-state index < -0.39 is 0 Å². The molecule has 4 aliphatic rings. The molecule has 4 aromatic rings. The molecule has 4 aromatic carbocycles. The molecule has 0 aliphatic heterocycles. The van der Waals surface area contributed by atoms with Gasteiger partial charge in [-0.05, 0) is 114 Å². The monoisotopic (exact) mass is 483 g/mol. The molecule has 0 radical (unpaired) electrons. The Morgan fingerprint density at radius 3 is 1.89 bits per heavy atom. The summed E-state index contributed by atoms with van der Waals surface area (Å²) in [5.41, 5.74) is 5.83. The highest BCUT2D eigenvalue weighted by Crippen LogP contribution is 2.66. The van der Waals surface area contributed by atoms with Gasteiger partial charge in [-0.3, -0.25) is 4.99 Å². The van der Waals surface area contributed by atoms with Crippen LogP contribution in [0.4, 0.5) is 5.69 Å². The lowest BCUT2D eigenvalue weighted by atomic mass is 9.42. The van der Waals surface area contributed by atoms with Crippen molar-refractivity contribution in [1.29, 1.82) is 0 Å². The lowest BCUT2D eigenvalue weighted by Crippen LogP contribution is -2.55. The fourth-order valence-corrected chi connectivity index (χ4v) is 8.06. The Morgan fingerprint density at radius 1 is 0.622 bits per heavy atom. The lowest BCUT2D eigenvalue weighted by Gasteiger charge is -2.62. The zero-order valence-corrected chi connectivity index (χ0v) is 21.2. The number of hydrogen-bond donors (Lipinski definition) is 0. The van der Waals surface area contributed by atoms with Crippen LogP contribution < -0.4 is 4.74 Å². The van der Waals surface area contributed by atoms with Gasteiger partial charge in [0.15, 0.2) is 0 Å². The number of aliphatic imine (C=N–C) groups is 1. The van der Waals surface area contributed by atoms with Crippen LogP contribution in [-0.4, -0.2) is 6.21 Å². The van der Waals surface area contributed by atoms with Gasteiger partial charge in [0.25, 0.3) is 0 Å². The fourth-order valence-electron chi connectivity index (χ4n) is 8.06. The van der Waals surface area contributed by atoms with E-state index in [1.807, 2.05) is 54.7 Å². The molecule has 4 bridgehead atoms. The van der Waals surface area contributed by atoms with Crippen molar-refractivity contribution in [3.63, 3.8) is 0 Å². The number of nitrogens with zero attached hydrogens (tertiary/aromatic N) is 1. The number of ether oxygens (including phenoxy) is 1. The summed E-state index contributed by atoms with van der Waals surface area (Å²) in [5.74, 6) is 3.39. The first-order chi connectivity index (χ1) is 18.2. The number of para-hydroxylation sites is 1. The highest BCUT2D eigenvalue weighted by molar-refractivity contribution is 5.82. The molecule has 2 nitrogen and oxygen atoms in total. The van der Waals surface area contributed by atoms with Gasteiger partial charge >= 0.3 is 0 Å². The second kappa shape index (κ2) is 9.03. The topological polar surface area (TPSA) is 21.6 Å². The van der Waals surface area contributed by atoms with Crippen LogP contribution in [0.1, 0.15) is 55.2 Å². The molecule has 8 rings (SSSR count). The van der Waals surface area contributed by atoms with Crippen molar-refractivity contribution < 1.29 is 4.74 Å². The third kappa shape index (κ3) is 4.29. The summed E-state index contributed by atoms with van der Waals surface area (Å²) in [7, 11) is 0. The maximum absolute atomic E-state index is 5.98. The third-order valence-corrected chi connectivity index (χ3v) is 9.13. The van der Waals surface area contributed by atoms with Gasteiger partial charge in [0.05, 0.1) is 5.69 Å². The highest BCUT2D eigenvalue weighted by atomic mass is 16.5. The van der Waals surface area contributed by atoms with Gasteiger partial charge in [0.2, 0.25) is 0 Å². The van der Waals surface area contributed by atoms with E-state index in [-0.39, 0.29) is 0 Å². The maximum atomic E-state index is 5.98. The second-order valence-electron chi connectivity index (χ2n) is 11.7. The zero-order chi connectivity index (χ0) is 24.7. The Hall–Kier alpha value is -3.65. The molecule has 0 spiro atoms. The molecule has 0 aromatic heterocycles. The van der Waals surface area contributed by atoms with Crippen LogP contribution >= 0.6 is 0 Å². The Labute approximate surface area is 220 Å². The Kier molecular flexibility index (Phi) is 5.50. The molecule has 0 heterocycles. The van der Waals surface area contributed by atoms with Crippen molar-refractivity contribution in [2.24, 2.45) is 16.8 Å². The van der Waals surface area contributed by atoms with Crippen LogP contribution in [-0.2, 0) is 10.8 Å². The summed E-state index contributed by atoms with van der Waals surface area (Å²) in [6.45, 7) is 0. The molecular formula is C35H33NO. The van der Waals surface area contributed by atoms with Crippen molar-refractivity contribution in [1.82, 2.24) is 0 Å². The number of rotatable bonds is 6. The van der Waals surface area contributed by atoms with E-state index >= 15 is 0 Å². The standard InChI is InChI=1S/C35H33NO/c1-3-9-29(10-4-1)34-20-27-18-28(21-34)23-35(22-27,25-34)30-14-16-31(17-15-30)36-24-26-8-7-13-33(19-26)37-32-11-5-2-6-12-32/h1-17,19,24,27-28H,18,20-23,25H2/t27-,28+,34?,35?. The Morgan fingerprint density at radius 2 is 1.22 bits per heavy atom. The molecule has 4 atom stereocenters. The molecule has 184 valence electrons. The summed E-state index contributed by atoms with van der Waals surface area (Å²) >= 11 is 0. The summed E-state index contributed by atoms with van der Waals surface area (Å²) in [6, 6.07) is 38.5. The molecular weight excluding hydrogens is 450 g/mol. The van der Waals surface area contributed by atoms with Gasteiger partial charge in [-0.25, -0.2) is 0 Å². The first-order valence-electron chi connectivity index (χ1n) is 13.7. The second-order valence-corrected chi connectivity index (χ2v) is 11.7. The molecule has 4 saturated carbocycles. The molecule has 2 unspecified atom stereocenters. The van der Waals surface area contributed by atoms with Gasteiger partial charge in [-0.2, -0.15) is 0 Å². The zero-order valence-electron chi connectivity index (χ0n) is 21.2. The molecule has 37 heavy (non-hydrogen) atoms. The van der Waals surface area contributed by atoms with Gasteiger partial charge < -0.3 is 4.74 Å². The Bertz CT molecular complexity index is 1390. The largest absolute Gasteiger partial charge is 0.457 e. The molecule has 0 amide bonds. The normalized spacial score (nSPS) is 28.0. The molecule has 4 fully saturated rings. The minimum Gasteiger partial charge on any atom is -0.457 e. The lowest BCUT2D eigenvalue weighted by molar-refractivity contribution is -0.0281. The number of benzene rings is 4. The van der Waals surface area contributed by atoms with E-state index in [1.54, 1.807) is 5.56 Å². The minimum atomic E-state index is 0.325. The average Bonchev–Trinajstić information content (AvgIpc) is 2.93. The van der Waals surface area contributed by atoms with Gasteiger partial charge in [0, 0.05) is 6.21 Å². The SMILES string of the molecule is C(=Nc1ccc(C23C[C@@H]4C[C@@H](CC(c5ccccc5)(C4)C2)C3)cc1)c1cccc(Oc2ccccc2)c1. The summed E-state index contributed by atoms with van der Waals surface area (Å²) in [4.78, 5) is 4.79. The van der Waals surface area contributed by atoms with Crippen molar-refractivity contribution in [2.75, 3.05) is 0 Å². The highest BCUT2D eigenvalue weighted by Gasteiger charge is 2.58. The van der Waals surface area contributed by atoms with Crippen molar-refractivity contribution in [3.05, 3.63) is 126 Å². The first-order valence-corrected chi connectivity index (χ1v) is 13.7. The van der Waals surface area contributed by atoms with Crippen LogP contribution in [0.25, 0.3) is 0 Å². The van der Waals surface area contributed by atoms with Crippen LogP contribution in [0.2, 0.25) is 0 Å². The van der Waals surface area contributed by atoms with Crippen LogP contribution in [0.5, 0.6) is 11.5 Å². The van der Waals surface area contributed by atoms with Crippen molar-refractivity contribution >= 4 is 11.9 Å². The molecule has 0 N–H and O–H groups in total. The van der Waals surface area contributed by atoms with Crippen molar-refractivity contribution in [3.8, 4) is 11.5 Å². The average molecular weight is 484 g/mol. The molecule has 4 aliphatic carbocycles. The Balaban J connectivity index is 1.10. The predicted molar refractivity (Wildman–Crippen MR) is 151 cm³/mol. The first kappa shape index (κ1) is 22.5. The van der Waals surface area contributed by atoms with E-state index in [2.05, 4.69) is 60.7 Å². The smallest absolute Gasteiger partial charge is 0.128 e. The van der Waals surface area contributed by atoms with E-state index in [4.69, 9.17) is 9.73 Å². The van der Waals surface area contributed by atoms with E-state index in [0.717, 1.165) is 34.6 Å². The van der Waals surface area contributed by atoms with Crippen molar-refractivity contribution in [2.45, 2.75) is 49.4 Å². The molecule has 2 heteroatoms. The third-order valence-electron chi connectivity index (χ3n) is 9.13. The molecule has 0 saturated heterocycles. The summed E-state index contributed by atoms with van der Waals surface area (Å²) < 4.78 is 5.98. The quantitative estimate of drug-likeness (QED) is 0.251. The predicted octanol–water partition coefficient (Wildman–Crippen LogP) is 9.02. The maximum Gasteiger partial charge on any atom is 0.128 e. The van der Waals surface area contributed by atoms with Gasteiger partial charge in [-0.1, -0.05) is 72.8 Å². The van der Waals surface area contributed by atoms with Gasteiger partial charge in [-0.15, -0.1) is 0 Å². The van der Waals surface area contributed by atoms with Crippen LogP contribution in [0.3, 0.4) is 0 Å². The summed E-state index contributed by atoms with van der Waals surface area (Å²) in [5, 5.41) is 0. The minimum absolute atomic E-state index is 0.325. The van der Waals surface area contributed by atoms with Crippen LogP contribution in [0.15, 0.2) is 114 Å². The van der Waals surface area contributed by atoms with Gasteiger partial charge in [0.1, 0.15) is 11.5 Å². The fraction of sp³-hybridized carbons (Fsp3) is 0.286. The van der Waals surface area contributed by atoms with Crippen LogP contribution in [0, 0.1) is 11.8 Å².